The van der Waals surface area contributed by atoms with Gasteiger partial charge in [-0.05, 0) is 61.6 Å². The van der Waals surface area contributed by atoms with Crippen LogP contribution in [0.5, 0.6) is 5.75 Å². The van der Waals surface area contributed by atoms with E-state index in [1.807, 2.05) is 0 Å². The fourth-order valence-electron chi connectivity index (χ4n) is 5.81. The van der Waals surface area contributed by atoms with Crippen LogP contribution in [0.25, 0.3) is 5.52 Å². The van der Waals surface area contributed by atoms with Gasteiger partial charge < -0.3 is 14.5 Å². The summed E-state index contributed by atoms with van der Waals surface area (Å²) in [5.74, 6) is 2.39. The van der Waals surface area contributed by atoms with Crippen LogP contribution in [0.1, 0.15) is 74.5 Å². The number of ether oxygens (including phenoxy) is 2. The van der Waals surface area contributed by atoms with Crippen molar-refractivity contribution in [1.82, 2.24) is 19.6 Å². The summed E-state index contributed by atoms with van der Waals surface area (Å²) < 4.78 is 48.5. The Morgan fingerprint density at radius 1 is 1.14 bits per heavy atom. The molecule has 0 spiro atoms. The lowest BCUT2D eigenvalue weighted by atomic mass is 9.84. The number of H-pyrrole nitrogens is 1. The SMILES string of the molecule is CC1CC(Cc2ccc(OC(F)(F)F)cc2)CCCC1c1nn2c(C3CCOCC3)ncc2c(=O)[nH]1. The van der Waals surface area contributed by atoms with E-state index in [1.54, 1.807) is 22.8 Å². The Kier molecular flexibility index (Phi) is 7.05. The van der Waals surface area contributed by atoms with E-state index in [4.69, 9.17) is 9.84 Å². The van der Waals surface area contributed by atoms with Gasteiger partial charge in [0.25, 0.3) is 5.56 Å². The van der Waals surface area contributed by atoms with Crippen LogP contribution < -0.4 is 10.3 Å². The molecule has 194 valence electrons. The third-order valence-corrected chi connectivity index (χ3v) is 7.58. The zero-order valence-electron chi connectivity index (χ0n) is 20.3. The van der Waals surface area contributed by atoms with Gasteiger partial charge in [0.1, 0.15) is 17.4 Å². The molecule has 0 bridgehead atoms. The molecule has 1 saturated heterocycles. The first-order valence-electron chi connectivity index (χ1n) is 12.7. The van der Waals surface area contributed by atoms with E-state index in [1.165, 1.54) is 12.1 Å². The van der Waals surface area contributed by atoms with E-state index in [0.29, 0.717) is 36.4 Å². The van der Waals surface area contributed by atoms with Crippen molar-refractivity contribution < 1.29 is 22.6 Å². The fourth-order valence-corrected chi connectivity index (χ4v) is 5.81. The second kappa shape index (κ2) is 10.2. The molecule has 1 aromatic carbocycles. The van der Waals surface area contributed by atoms with Crippen molar-refractivity contribution >= 4 is 5.52 Å². The minimum atomic E-state index is -4.69. The number of halogens is 3. The zero-order valence-corrected chi connectivity index (χ0v) is 20.3. The smallest absolute Gasteiger partial charge is 0.406 e. The summed E-state index contributed by atoms with van der Waals surface area (Å²) in [5.41, 5.74) is 1.30. The van der Waals surface area contributed by atoms with E-state index < -0.39 is 6.36 Å². The summed E-state index contributed by atoms with van der Waals surface area (Å²) in [7, 11) is 0. The lowest BCUT2D eigenvalue weighted by molar-refractivity contribution is -0.274. The predicted octanol–water partition coefficient (Wildman–Crippen LogP) is 5.36. The van der Waals surface area contributed by atoms with E-state index >= 15 is 0 Å². The molecule has 5 rings (SSSR count). The summed E-state index contributed by atoms with van der Waals surface area (Å²) >= 11 is 0. The van der Waals surface area contributed by atoms with E-state index in [0.717, 1.165) is 56.3 Å². The molecule has 0 radical (unpaired) electrons. The number of benzene rings is 1. The number of nitrogens with zero attached hydrogens (tertiary/aromatic N) is 3. The van der Waals surface area contributed by atoms with E-state index in [-0.39, 0.29) is 23.1 Å². The molecule has 1 aliphatic heterocycles. The summed E-state index contributed by atoms with van der Waals surface area (Å²) in [6, 6.07) is 6.16. The molecule has 1 saturated carbocycles. The molecule has 2 fully saturated rings. The number of fused-ring (bicyclic) bond motifs is 1. The molecule has 3 atom stereocenters. The number of aromatic nitrogens is 4. The van der Waals surface area contributed by atoms with Crippen molar-refractivity contribution in [3.8, 4) is 5.75 Å². The van der Waals surface area contributed by atoms with Gasteiger partial charge in [0, 0.05) is 25.0 Å². The van der Waals surface area contributed by atoms with Gasteiger partial charge in [-0.25, -0.2) is 9.50 Å². The summed E-state index contributed by atoms with van der Waals surface area (Å²) in [4.78, 5) is 20.5. The average molecular weight is 505 g/mol. The highest BCUT2D eigenvalue weighted by Crippen LogP contribution is 2.38. The second-order valence-corrected chi connectivity index (χ2v) is 10.2. The number of alkyl halides is 3. The summed E-state index contributed by atoms with van der Waals surface area (Å²) in [5, 5.41) is 4.89. The molecule has 3 heterocycles. The largest absolute Gasteiger partial charge is 0.573 e. The maximum atomic E-state index is 12.9. The molecule has 3 unspecified atom stereocenters. The molecule has 36 heavy (non-hydrogen) atoms. The van der Waals surface area contributed by atoms with E-state index in [2.05, 4.69) is 21.6 Å². The Balaban J connectivity index is 1.30. The van der Waals surface area contributed by atoms with Gasteiger partial charge in [0.05, 0.1) is 6.20 Å². The highest BCUT2D eigenvalue weighted by Gasteiger charge is 2.32. The third-order valence-electron chi connectivity index (χ3n) is 7.58. The highest BCUT2D eigenvalue weighted by atomic mass is 19.4. The lowest BCUT2D eigenvalue weighted by Gasteiger charge is -2.23. The number of hydrogen-bond donors (Lipinski definition) is 1. The van der Waals surface area contributed by atoms with Gasteiger partial charge in [-0.15, -0.1) is 13.2 Å². The minimum absolute atomic E-state index is 0.125. The first-order valence-corrected chi connectivity index (χ1v) is 12.7. The number of hydrogen-bond acceptors (Lipinski definition) is 5. The summed E-state index contributed by atoms with van der Waals surface area (Å²) in [6.45, 7) is 3.57. The van der Waals surface area contributed by atoms with Crippen molar-refractivity contribution in [3.05, 3.63) is 58.0 Å². The normalized spacial score (nSPS) is 24.1. The molecule has 2 aromatic heterocycles. The van der Waals surface area contributed by atoms with E-state index in [9.17, 15) is 18.0 Å². The molecular weight excluding hydrogens is 473 g/mol. The van der Waals surface area contributed by atoms with Crippen LogP contribution in [-0.4, -0.2) is 39.2 Å². The van der Waals surface area contributed by atoms with Crippen molar-refractivity contribution in [2.45, 2.75) is 70.1 Å². The van der Waals surface area contributed by atoms with Crippen molar-refractivity contribution in [1.29, 1.82) is 0 Å². The Morgan fingerprint density at radius 2 is 1.89 bits per heavy atom. The van der Waals surface area contributed by atoms with Gasteiger partial charge in [-0.3, -0.25) is 4.79 Å². The van der Waals surface area contributed by atoms with Gasteiger partial charge >= 0.3 is 6.36 Å². The molecule has 7 nitrogen and oxygen atoms in total. The maximum Gasteiger partial charge on any atom is 0.573 e. The van der Waals surface area contributed by atoms with Gasteiger partial charge in [-0.2, -0.15) is 5.10 Å². The zero-order chi connectivity index (χ0) is 25.3. The monoisotopic (exact) mass is 504 g/mol. The quantitative estimate of drug-likeness (QED) is 0.473. The van der Waals surface area contributed by atoms with Crippen LogP contribution in [-0.2, 0) is 11.2 Å². The average Bonchev–Trinajstić information content (AvgIpc) is 3.18. The topological polar surface area (TPSA) is 81.5 Å². The number of imidazole rings is 1. The standard InChI is InChI=1S/C26H31F3N4O3/c1-16-13-18(14-17-5-7-20(8-6-17)36-26(27,28)29)3-2-4-21(16)23-31-25(34)22-15-30-24(33(22)32-23)19-9-11-35-12-10-19/h5-8,15-16,18-19,21H,2-4,9-14H2,1H3,(H,31,32,34). The summed E-state index contributed by atoms with van der Waals surface area (Å²) in [6.07, 6.45) is 3.34. The Morgan fingerprint density at radius 3 is 2.61 bits per heavy atom. The molecular formula is C26H31F3N4O3. The lowest BCUT2D eigenvalue weighted by Crippen LogP contribution is -2.24. The first kappa shape index (κ1) is 24.8. The molecule has 1 aliphatic carbocycles. The van der Waals surface area contributed by atoms with Crippen LogP contribution >= 0.6 is 0 Å². The van der Waals surface area contributed by atoms with Gasteiger partial charge in [0.15, 0.2) is 5.52 Å². The number of nitrogens with one attached hydrogen (secondary N) is 1. The molecule has 3 aromatic rings. The van der Waals surface area contributed by atoms with Crippen LogP contribution in [0.3, 0.4) is 0 Å². The molecule has 0 amide bonds. The molecule has 2 aliphatic rings. The minimum Gasteiger partial charge on any atom is -0.406 e. The fraction of sp³-hybridized carbons (Fsp3) is 0.577. The molecule has 10 heteroatoms. The van der Waals surface area contributed by atoms with Gasteiger partial charge in [0.2, 0.25) is 0 Å². The van der Waals surface area contributed by atoms with Crippen molar-refractivity contribution in [2.75, 3.05) is 13.2 Å². The highest BCUT2D eigenvalue weighted by molar-refractivity contribution is 5.42. The van der Waals surface area contributed by atoms with Gasteiger partial charge in [-0.1, -0.05) is 31.9 Å². The Hall–Kier alpha value is -2.88. The Labute approximate surface area is 207 Å². The Bertz CT molecular complexity index is 1230. The third kappa shape index (κ3) is 5.58. The van der Waals surface area contributed by atoms with Crippen molar-refractivity contribution in [2.24, 2.45) is 11.8 Å². The maximum absolute atomic E-state index is 12.9. The van der Waals surface area contributed by atoms with Crippen molar-refractivity contribution in [3.63, 3.8) is 0 Å². The second-order valence-electron chi connectivity index (χ2n) is 10.2. The van der Waals surface area contributed by atoms with Crippen LogP contribution in [0.2, 0.25) is 0 Å². The van der Waals surface area contributed by atoms with Crippen LogP contribution in [0.15, 0.2) is 35.3 Å². The van der Waals surface area contributed by atoms with Crippen LogP contribution in [0.4, 0.5) is 13.2 Å². The number of rotatable bonds is 5. The number of aromatic amines is 1. The first-order chi connectivity index (χ1) is 17.3. The van der Waals surface area contributed by atoms with Crippen LogP contribution in [0, 0.1) is 11.8 Å². The molecule has 1 N–H and O–H groups in total. The predicted molar refractivity (Wildman–Crippen MR) is 127 cm³/mol.